The van der Waals surface area contributed by atoms with Gasteiger partial charge < -0.3 is 4.74 Å². The van der Waals surface area contributed by atoms with Crippen molar-refractivity contribution < 1.29 is 17.9 Å². The van der Waals surface area contributed by atoms with Crippen molar-refractivity contribution in [1.82, 2.24) is 4.72 Å². The van der Waals surface area contributed by atoms with E-state index in [1.165, 1.54) is 32.1 Å². The molecule has 0 aliphatic heterocycles. The fourth-order valence-electron chi connectivity index (χ4n) is 3.37. The molecule has 1 aromatic carbocycles. The quantitative estimate of drug-likeness (QED) is 0.417. The molecule has 1 heterocycles. The van der Waals surface area contributed by atoms with Gasteiger partial charge in [0.1, 0.15) is 0 Å². The Kier molecular flexibility index (Phi) is 8.34. The lowest BCUT2D eigenvalue weighted by molar-refractivity contribution is -0.140. The van der Waals surface area contributed by atoms with E-state index in [0.717, 1.165) is 47.8 Å². The van der Waals surface area contributed by atoms with Crippen molar-refractivity contribution in [3.05, 3.63) is 51.2 Å². The first-order valence-corrected chi connectivity index (χ1v) is 13.0. The maximum absolute atomic E-state index is 12.9. The molecule has 5 nitrogen and oxygen atoms in total. The first kappa shape index (κ1) is 23.3. The summed E-state index contributed by atoms with van der Waals surface area (Å²) in [7, 11) is -2.25. The number of thiophene rings is 1. The predicted octanol–water partition coefficient (Wildman–Crippen LogP) is 5.50. The van der Waals surface area contributed by atoms with Crippen LogP contribution in [0.4, 0.5) is 0 Å². The van der Waals surface area contributed by atoms with Crippen LogP contribution in [0.1, 0.15) is 60.7 Å². The van der Waals surface area contributed by atoms with Gasteiger partial charge in [0.25, 0.3) is 0 Å². The van der Waals surface area contributed by atoms with Crippen molar-refractivity contribution in [2.24, 2.45) is 5.92 Å². The van der Waals surface area contributed by atoms with Gasteiger partial charge in [-0.05, 0) is 61.6 Å². The molecule has 1 fully saturated rings. The number of methoxy groups -OCH3 is 1. The van der Waals surface area contributed by atoms with Crippen LogP contribution in [-0.4, -0.2) is 21.5 Å². The third-order valence-corrected chi connectivity index (χ3v) is 8.28. The molecule has 0 spiro atoms. The molecule has 1 saturated carbocycles. The second-order valence-corrected chi connectivity index (χ2v) is 11.1. The van der Waals surface area contributed by atoms with Crippen LogP contribution in [-0.2, 0) is 26.0 Å². The SMILES string of the molecule is COC(=O)CCCc1ccc(C(CCCC2CC2)NS(=O)(=O)c2ccc(Cl)cc2)s1. The van der Waals surface area contributed by atoms with E-state index in [9.17, 15) is 13.2 Å². The smallest absolute Gasteiger partial charge is 0.305 e. The number of ether oxygens (including phenoxy) is 1. The molecular formula is C22H28ClNO4S2. The number of hydrogen-bond donors (Lipinski definition) is 1. The zero-order valence-corrected chi connectivity index (χ0v) is 19.5. The Morgan fingerprint density at radius 3 is 2.60 bits per heavy atom. The topological polar surface area (TPSA) is 72.5 Å². The second kappa shape index (κ2) is 10.8. The Hall–Kier alpha value is -1.41. The van der Waals surface area contributed by atoms with E-state index in [2.05, 4.69) is 9.46 Å². The summed E-state index contributed by atoms with van der Waals surface area (Å²) in [5.74, 6) is 0.608. The summed E-state index contributed by atoms with van der Waals surface area (Å²) in [5, 5.41) is 0.504. The minimum atomic E-state index is -3.64. The molecular weight excluding hydrogens is 442 g/mol. The van der Waals surface area contributed by atoms with E-state index >= 15 is 0 Å². The lowest BCUT2D eigenvalue weighted by atomic mass is 10.1. The Morgan fingerprint density at radius 1 is 1.20 bits per heavy atom. The number of sulfonamides is 1. The van der Waals surface area contributed by atoms with Gasteiger partial charge in [0, 0.05) is 21.2 Å². The zero-order valence-electron chi connectivity index (χ0n) is 17.1. The van der Waals surface area contributed by atoms with E-state index < -0.39 is 10.0 Å². The van der Waals surface area contributed by atoms with Gasteiger partial charge in [-0.3, -0.25) is 4.79 Å². The Balaban J connectivity index is 1.68. The molecule has 2 aromatic rings. The maximum Gasteiger partial charge on any atom is 0.305 e. The minimum Gasteiger partial charge on any atom is -0.469 e. The third kappa shape index (κ3) is 7.08. The summed E-state index contributed by atoms with van der Waals surface area (Å²) < 4.78 is 33.4. The molecule has 164 valence electrons. The molecule has 0 saturated heterocycles. The number of esters is 1. The number of aryl methyl sites for hydroxylation is 1. The van der Waals surface area contributed by atoms with Gasteiger partial charge in [-0.15, -0.1) is 11.3 Å². The molecule has 1 atom stereocenters. The van der Waals surface area contributed by atoms with Crippen LogP contribution in [0.2, 0.25) is 5.02 Å². The molecule has 1 aliphatic rings. The molecule has 1 N–H and O–H groups in total. The number of benzene rings is 1. The molecule has 3 rings (SSSR count). The van der Waals surface area contributed by atoms with E-state index in [1.807, 2.05) is 12.1 Å². The van der Waals surface area contributed by atoms with Gasteiger partial charge in [-0.1, -0.05) is 37.3 Å². The van der Waals surface area contributed by atoms with Crippen LogP contribution in [0, 0.1) is 5.92 Å². The van der Waals surface area contributed by atoms with Crippen molar-refractivity contribution in [2.45, 2.75) is 62.3 Å². The van der Waals surface area contributed by atoms with Crippen LogP contribution in [0.5, 0.6) is 0 Å². The lowest BCUT2D eigenvalue weighted by Gasteiger charge is -2.18. The van der Waals surface area contributed by atoms with E-state index in [1.54, 1.807) is 23.5 Å². The molecule has 1 aromatic heterocycles. The van der Waals surface area contributed by atoms with E-state index in [4.69, 9.17) is 11.6 Å². The maximum atomic E-state index is 12.9. The standard InChI is InChI=1S/C22H28ClNO4S2/c1-28-22(25)7-3-5-18-12-15-21(29-18)20(6-2-4-16-8-9-16)24-30(26,27)19-13-10-17(23)11-14-19/h10-16,20,24H,2-9H2,1H3. The number of hydrogen-bond acceptors (Lipinski definition) is 5. The Bertz CT molecular complexity index is 936. The Morgan fingerprint density at radius 2 is 1.93 bits per heavy atom. The highest BCUT2D eigenvalue weighted by molar-refractivity contribution is 7.89. The highest BCUT2D eigenvalue weighted by atomic mass is 35.5. The van der Waals surface area contributed by atoms with Crippen molar-refractivity contribution >= 4 is 38.9 Å². The van der Waals surface area contributed by atoms with Gasteiger partial charge in [-0.2, -0.15) is 0 Å². The predicted molar refractivity (Wildman–Crippen MR) is 120 cm³/mol. The monoisotopic (exact) mass is 469 g/mol. The summed E-state index contributed by atoms with van der Waals surface area (Å²) in [4.78, 5) is 13.7. The summed E-state index contributed by atoms with van der Waals surface area (Å²) in [6.07, 6.45) is 7.39. The number of halogens is 1. The first-order chi connectivity index (χ1) is 14.4. The van der Waals surface area contributed by atoms with Crippen LogP contribution in [0.25, 0.3) is 0 Å². The van der Waals surface area contributed by atoms with Crippen molar-refractivity contribution in [1.29, 1.82) is 0 Å². The van der Waals surface area contributed by atoms with E-state index in [-0.39, 0.29) is 16.9 Å². The summed E-state index contributed by atoms with van der Waals surface area (Å²) >= 11 is 7.51. The van der Waals surface area contributed by atoms with Crippen molar-refractivity contribution in [2.75, 3.05) is 7.11 Å². The zero-order chi connectivity index (χ0) is 21.6. The minimum absolute atomic E-state index is 0.208. The largest absolute Gasteiger partial charge is 0.469 e. The first-order valence-electron chi connectivity index (χ1n) is 10.3. The van der Waals surface area contributed by atoms with Gasteiger partial charge in [0.15, 0.2) is 0 Å². The highest BCUT2D eigenvalue weighted by Gasteiger charge is 2.25. The van der Waals surface area contributed by atoms with Crippen LogP contribution in [0.15, 0.2) is 41.3 Å². The van der Waals surface area contributed by atoms with Crippen molar-refractivity contribution in [3.63, 3.8) is 0 Å². The van der Waals surface area contributed by atoms with Crippen LogP contribution >= 0.6 is 22.9 Å². The van der Waals surface area contributed by atoms with Crippen molar-refractivity contribution in [3.8, 4) is 0 Å². The highest BCUT2D eigenvalue weighted by Crippen LogP contribution is 2.36. The molecule has 0 radical (unpaired) electrons. The normalized spacial score (nSPS) is 15.1. The van der Waals surface area contributed by atoms with Gasteiger partial charge in [-0.25, -0.2) is 13.1 Å². The lowest BCUT2D eigenvalue weighted by Crippen LogP contribution is -2.28. The van der Waals surface area contributed by atoms with Crippen LogP contribution in [0.3, 0.4) is 0 Å². The summed E-state index contributed by atoms with van der Waals surface area (Å²) in [6.45, 7) is 0. The fourth-order valence-corrected chi connectivity index (χ4v) is 5.96. The Labute approximate surface area is 187 Å². The summed E-state index contributed by atoms with van der Waals surface area (Å²) in [6, 6.07) is 10.00. The average Bonchev–Trinajstić information content (AvgIpc) is 3.42. The second-order valence-electron chi connectivity index (χ2n) is 7.74. The molecule has 0 bridgehead atoms. The molecule has 1 aliphatic carbocycles. The number of carbonyl (C=O) groups is 1. The number of nitrogens with one attached hydrogen (secondary N) is 1. The van der Waals surface area contributed by atoms with Gasteiger partial charge in [0.2, 0.25) is 10.0 Å². The molecule has 1 unspecified atom stereocenters. The third-order valence-electron chi connectivity index (χ3n) is 5.28. The van der Waals surface area contributed by atoms with Gasteiger partial charge >= 0.3 is 5.97 Å². The molecule has 8 heteroatoms. The molecule has 0 amide bonds. The number of carbonyl (C=O) groups excluding carboxylic acids is 1. The van der Waals surface area contributed by atoms with Crippen LogP contribution < -0.4 is 4.72 Å². The average molecular weight is 470 g/mol. The number of rotatable bonds is 12. The summed E-state index contributed by atoms with van der Waals surface area (Å²) in [5.41, 5.74) is 0. The molecule has 30 heavy (non-hydrogen) atoms. The van der Waals surface area contributed by atoms with E-state index in [0.29, 0.717) is 11.4 Å². The van der Waals surface area contributed by atoms with Gasteiger partial charge in [0.05, 0.1) is 18.0 Å². The fraction of sp³-hybridized carbons (Fsp3) is 0.500.